The molecule has 0 fully saturated rings. The van der Waals surface area contributed by atoms with E-state index in [2.05, 4.69) is 0 Å². The summed E-state index contributed by atoms with van der Waals surface area (Å²) in [7, 11) is 0. The number of aldehydes is 1. The van der Waals surface area contributed by atoms with Gasteiger partial charge >= 0.3 is 0 Å². The van der Waals surface area contributed by atoms with Crippen molar-refractivity contribution in [1.29, 1.82) is 0 Å². The summed E-state index contributed by atoms with van der Waals surface area (Å²) in [5, 5.41) is 86.6. The van der Waals surface area contributed by atoms with E-state index in [1.165, 1.54) is 0 Å². The first-order valence-electron chi connectivity index (χ1n) is 6.65. The van der Waals surface area contributed by atoms with Gasteiger partial charge in [-0.2, -0.15) is 0 Å². The Kier molecular flexibility index (Phi) is 13.9. The van der Waals surface area contributed by atoms with E-state index in [0.29, 0.717) is 0 Å². The van der Waals surface area contributed by atoms with Crippen molar-refractivity contribution < 1.29 is 60.7 Å². The predicted molar refractivity (Wildman–Crippen MR) is 74.4 cm³/mol. The molecule has 0 aliphatic carbocycles. The minimum Gasteiger partial charge on any atom is -0.394 e. The summed E-state index contributed by atoms with van der Waals surface area (Å²) in [5.41, 5.74) is 0. The number of aliphatic hydroxyl groups is 10. The molecule has 0 rings (SSSR count). The van der Waals surface area contributed by atoms with Crippen LogP contribution in [-0.4, -0.2) is 126 Å². The van der Waals surface area contributed by atoms with E-state index >= 15 is 0 Å². The lowest BCUT2D eigenvalue weighted by Gasteiger charge is -2.22. The fraction of sp³-hybridized carbons (Fsp3) is 0.833. The molecule has 10 N–H and O–H groups in total. The van der Waals surface area contributed by atoms with Gasteiger partial charge in [-0.25, -0.2) is 0 Å². The van der Waals surface area contributed by atoms with E-state index in [4.69, 9.17) is 51.1 Å². The number of carbonyl (C=O) groups excluding carboxylic acids is 2. The van der Waals surface area contributed by atoms with Crippen LogP contribution in [0.4, 0.5) is 0 Å². The molecule has 0 aliphatic rings. The Balaban J connectivity index is 0. The van der Waals surface area contributed by atoms with Crippen molar-refractivity contribution in [2.24, 2.45) is 0 Å². The number of hydrogen-bond donors (Lipinski definition) is 10. The van der Waals surface area contributed by atoms with Crippen LogP contribution >= 0.6 is 0 Å². The second kappa shape index (κ2) is 13.3. The number of carbonyl (C=O) groups is 2. The third kappa shape index (κ3) is 8.70. The van der Waals surface area contributed by atoms with Gasteiger partial charge in [0.05, 0.1) is 13.2 Å². The molecule has 0 aromatic carbocycles. The minimum atomic E-state index is -1.86. The van der Waals surface area contributed by atoms with Crippen LogP contribution in [0.3, 0.4) is 0 Å². The Labute approximate surface area is 136 Å². The number of hydrogen-bond acceptors (Lipinski definition) is 12. The molecule has 0 unspecified atom stereocenters. The van der Waals surface area contributed by atoms with Gasteiger partial charge in [-0.05, 0) is 0 Å². The van der Waals surface area contributed by atoms with Gasteiger partial charge in [-0.1, -0.05) is 0 Å². The monoisotopic (exact) mass is 360 g/mol. The second-order valence-corrected chi connectivity index (χ2v) is 4.67. The van der Waals surface area contributed by atoms with Crippen LogP contribution < -0.4 is 0 Å². The van der Waals surface area contributed by atoms with Gasteiger partial charge in [-0.3, -0.25) is 4.79 Å². The number of aliphatic hydroxyl groups excluding tert-OH is 10. The normalized spacial score (nSPS) is 19.8. The van der Waals surface area contributed by atoms with E-state index in [1.54, 1.807) is 0 Å². The Bertz CT molecular complexity index is 351. The summed E-state index contributed by atoms with van der Waals surface area (Å²) in [4.78, 5) is 20.4. The van der Waals surface area contributed by atoms with Crippen molar-refractivity contribution in [3.8, 4) is 0 Å². The van der Waals surface area contributed by atoms with Crippen LogP contribution in [0.5, 0.6) is 0 Å². The molecule has 0 aromatic heterocycles. The summed E-state index contributed by atoms with van der Waals surface area (Å²) in [5.74, 6) is -1.00. The molecule has 0 aliphatic heterocycles. The maximum Gasteiger partial charge on any atom is 0.189 e. The van der Waals surface area contributed by atoms with E-state index < -0.39 is 68.3 Å². The van der Waals surface area contributed by atoms with Crippen molar-refractivity contribution in [2.45, 2.75) is 42.7 Å². The molecule has 12 heteroatoms. The second-order valence-electron chi connectivity index (χ2n) is 4.67. The molecule has 0 saturated heterocycles. The molecular weight excluding hydrogens is 336 g/mol. The highest BCUT2D eigenvalue weighted by molar-refractivity contribution is 5.84. The number of rotatable bonds is 10. The zero-order chi connectivity index (χ0) is 19.4. The molecule has 0 bridgehead atoms. The molecule has 0 heterocycles. The Morgan fingerprint density at radius 3 is 1.50 bits per heavy atom. The average Bonchev–Trinajstić information content (AvgIpc) is 2.62. The zero-order valence-corrected chi connectivity index (χ0v) is 12.5. The Hall–Kier alpha value is -1.06. The van der Waals surface area contributed by atoms with Gasteiger partial charge in [-0.15, -0.1) is 0 Å². The van der Waals surface area contributed by atoms with Gasteiger partial charge < -0.3 is 55.9 Å². The molecule has 144 valence electrons. The fourth-order valence-corrected chi connectivity index (χ4v) is 1.22. The molecule has 0 saturated carbocycles. The van der Waals surface area contributed by atoms with Crippen LogP contribution in [0.1, 0.15) is 0 Å². The maximum atomic E-state index is 10.5. The SMILES string of the molecule is O=C(CO)[C@H](O)[C@@H](O)[C@H](O)CO.O=C[C@H](O)[C@@H](O)[C@H](O)[C@H](O)CO. The highest BCUT2D eigenvalue weighted by Crippen LogP contribution is 2.03. The van der Waals surface area contributed by atoms with Crippen molar-refractivity contribution in [3.05, 3.63) is 0 Å². The molecule has 0 aromatic rings. The van der Waals surface area contributed by atoms with Gasteiger partial charge in [0, 0.05) is 0 Å². The third-order valence-electron chi connectivity index (χ3n) is 2.81. The van der Waals surface area contributed by atoms with Crippen LogP contribution in [0, 0.1) is 0 Å². The van der Waals surface area contributed by atoms with Gasteiger partial charge in [0.1, 0.15) is 49.3 Å². The van der Waals surface area contributed by atoms with Crippen molar-refractivity contribution in [3.63, 3.8) is 0 Å². The Morgan fingerprint density at radius 1 is 0.750 bits per heavy atom. The summed E-state index contributed by atoms with van der Waals surface area (Å²) >= 11 is 0. The fourth-order valence-electron chi connectivity index (χ4n) is 1.22. The third-order valence-corrected chi connectivity index (χ3v) is 2.81. The van der Waals surface area contributed by atoms with Crippen molar-refractivity contribution in [2.75, 3.05) is 19.8 Å². The lowest BCUT2D eigenvalue weighted by atomic mass is 10.0. The highest BCUT2D eigenvalue weighted by atomic mass is 16.4. The lowest BCUT2D eigenvalue weighted by Crippen LogP contribution is -2.46. The Morgan fingerprint density at radius 2 is 1.17 bits per heavy atom. The highest BCUT2D eigenvalue weighted by Gasteiger charge is 2.30. The average molecular weight is 360 g/mol. The van der Waals surface area contributed by atoms with E-state index in [-0.39, 0.29) is 6.29 Å². The van der Waals surface area contributed by atoms with E-state index in [0.717, 1.165) is 0 Å². The first kappa shape index (κ1) is 25.2. The van der Waals surface area contributed by atoms with Gasteiger partial charge in [0.15, 0.2) is 12.1 Å². The quantitative estimate of drug-likeness (QED) is 0.164. The van der Waals surface area contributed by atoms with Crippen LogP contribution in [0.15, 0.2) is 0 Å². The lowest BCUT2D eigenvalue weighted by molar-refractivity contribution is -0.142. The van der Waals surface area contributed by atoms with Crippen molar-refractivity contribution in [1.82, 2.24) is 0 Å². The smallest absolute Gasteiger partial charge is 0.189 e. The van der Waals surface area contributed by atoms with Gasteiger partial charge in [0.2, 0.25) is 0 Å². The summed E-state index contributed by atoms with van der Waals surface area (Å²) in [6, 6.07) is 0. The molecule has 0 spiro atoms. The van der Waals surface area contributed by atoms with Crippen LogP contribution in [0.2, 0.25) is 0 Å². The van der Waals surface area contributed by atoms with Crippen LogP contribution in [-0.2, 0) is 9.59 Å². The molecule has 24 heavy (non-hydrogen) atoms. The molecule has 12 nitrogen and oxygen atoms in total. The summed E-state index contributed by atoms with van der Waals surface area (Å²) in [6.45, 7) is -2.45. The largest absolute Gasteiger partial charge is 0.394 e. The number of Topliss-reactive ketones (excluding diaryl/α,β-unsaturated/α-hetero) is 1. The predicted octanol–water partition coefficient (Wildman–Crippen LogP) is -6.76. The minimum absolute atomic E-state index is 0.0258. The van der Waals surface area contributed by atoms with Crippen LogP contribution in [0.25, 0.3) is 0 Å². The number of ketones is 1. The topological polar surface area (TPSA) is 236 Å². The first-order chi connectivity index (χ1) is 11.1. The zero-order valence-electron chi connectivity index (χ0n) is 12.5. The first-order valence-corrected chi connectivity index (χ1v) is 6.65. The molecular formula is C12H24O12. The standard InChI is InChI=1S/2C6H12O6/c2*7-1-3(9)5(11)6(12)4(10)2-8/h3,5-9,11-12H,1-2H2;1,3-6,8-12H,2H2/t3-,5+,6+;3-,4+,5+,6+/m10/s1. The van der Waals surface area contributed by atoms with Gasteiger partial charge in [0.25, 0.3) is 0 Å². The maximum absolute atomic E-state index is 10.5. The summed E-state index contributed by atoms with van der Waals surface area (Å²) in [6.07, 6.45) is -12.1. The molecule has 7 atom stereocenters. The summed E-state index contributed by atoms with van der Waals surface area (Å²) < 4.78 is 0. The molecule has 0 radical (unpaired) electrons. The molecule has 0 amide bonds. The van der Waals surface area contributed by atoms with E-state index in [9.17, 15) is 9.59 Å². The van der Waals surface area contributed by atoms with E-state index in [1.807, 2.05) is 0 Å². The van der Waals surface area contributed by atoms with Crippen molar-refractivity contribution >= 4 is 12.1 Å².